The minimum Gasteiger partial charge on any atom is -0.481 e. The van der Waals surface area contributed by atoms with E-state index in [0.717, 1.165) is 5.56 Å². The van der Waals surface area contributed by atoms with Crippen LogP contribution in [0.2, 0.25) is 10.0 Å². The second kappa shape index (κ2) is 12.9. The van der Waals surface area contributed by atoms with Crippen LogP contribution in [0.1, 0.15) is 42.6 Å². The maximum Gasteiger partial charge on any atom is 0.324 e. The first kappa shape index (κ1) is 30.4. The van der Waals surface area contributed by atoms with E-state index in [4.69, 9.17) is 23.2 Å². The Labute approximate surface area is 249 Å². The fourth-order valence-corrected chi connectivity index (χ4v) is 5.74. The fraction of sp³-hybridized carbons (Fsp3) is 0.323. The van der Waals surface area contributed by atoms with Crippen molar-refractivity contribution >= 4 is 46.8 Å². The van der Waals surface area contributed by atoms with Gasteiger partial charge in [0.25, 0.3) is 0 Å². The minimum absolute atomic E-state index is 0.0164. The number of nitrogens with one attached hydrogen (secondary N) is 1. The van der Waals surface area contributed by atoms with Gasteiger partial charge in [0.2, 0.25) is 5.91 Å². The molecule has 1 unspecified atom stereocenters. The lowest BCUT2D eigenvalue weighted by atomic mass is 9.77. The van der Waals surface area contributed by atoms with Gasteiger partial charge in [0.15, 0.2) is 0 Å². The van der Waals surface area contributed by atoms with Gasteiger partial charge in [-0.25, -0.2) is 4.79 Å². The van der Waals surface area contributed by atoms with Crippen LogP contribution in [0.15, 0.2) is 72.8 Å². The predicted octanol–water partition coefficient (Wildman–Crippen LogP) is 5.83. The van der Waals surface area contributed by atoms with E-state index in [1.54, 1.807) is 61.5 Å². The number of halogens is 2. The molecule has 8 nitrogen and oxygen atoms in total. The zero-order valence-electron chi connectivity index (χ0n) is 22.9. The average Bonchev–Trinajstić information content (AvgIpc) is 2.92. The summed E-state index contributed by atoms with van der Waals surface area (Å²) in [4.78, 5) is 42.4. The molecule has 3 aromatic rings. The summed E-state index contributed by atoms with van der Waals surface area (Å²) in [5, 5.41) is 24.4. The van der Waals surface area contributed by atoms with Crippen molar-refractivity contribution in [2.45, 2.75) is 45.4 Å². The number of nitrogens with zero attached hydrogens (tertiary/aromatic N) is 2. The Morgan fingerprint density at radius 1 is 1.00 bits per heavy atom. The molecule has 1 saturated heterocycles. The lowest BCUT2D eigenvalue weighted by Crippen LogP contribution is -2.60. The molecule has 0 aliphatic carbocycles. The van der Waals surface area contributed by atoms with Crippen LogP contribution in [0.5, 0.6) is 0 Å². The number of aliphatic hydroxyl groups is 1. The van der Waals surface area contributed by atoms with Gasteiger partial charge in [0.05, 0.1) is 18.6 Å². The van der Waals surface area contributed by atoms with Gasteiger partial charge >= 0.3 is 12.0 Å². The summed E-state index contributed by atoms with van der Waals surface area (Å²) in [6.45, 7) is 3.76. The van der Waals surface area contributed by atoms with E-state index >= 15 is 0 Å². The molecule has 0 saturated carbocycles. The average molecular weight is 599 g/mol. The summed E-state index contributed by atoms with van der Waals surface area (Å²) in [7, 11) is 0. The van der Waals surface area contributed by atoms with Crippen molar-refractivity contribution in [3.05, 3.63) is 99.5 Å². The second-order valence-corrected chi connectivity index (χ2v) is 11.6. The Bertz CT molecular complexity index is 1400. The smallest absolute Gasteiger partial charge is 0.324 e. The number of carbonyl (C=O) groups is 3. The number of aryl methyl sites for hydroxylation is 1. The van der Waals surface area contributed by atoms with Crippen molar-refractivity contribution in [3.63, 3.8) is 0 Å². The van der Waals surface area contributed by atoms with Gasteiger partial charge in [-0.3, -0.25) is 14.5 Å². The van der Waals surface area contributed by atoms with Gasteiger partial charge < -0.3 is 20.4 Å². The lowest BCUT2D eigenvalue weighted by molar-refractivity contribution is -0.141. The van der Waals surface area contributed by atoms with Crippen molar-refractivity contribution in [2.75, 3.05) is 18.0 Å². The topological polar surface area (TPSA) is 110 Å². The molecule has 0 aromatic heterocycles. The quantitative estimate of drug-likeness (QED) is 0.272. The van der Waals surface area contributed by atoms with Crippen molar-refractivity contribution in [3.8, 4) is 0 Å². The monoisotopic (exact) mass is 597 g/mol. The van der Waals surface area contributed by atoms with Crippen LogP contribution in [0, 0.1) is 12.3 Å². The van der Waals surface area contributed by atoms with Crippen LogP contribution >= 0.6 is 23.2 Å². The molecule has 0 spiro atoms. The van der Waals surface area contributed by atoms with Crippen molar-refractivity contribution in [1.82, 2.24) is 10.2 Å². The highest BCUT2D eigenvalue weighted by Gasteiger charge is 2.46. The molecule has 3 N–H and O–H groups in total. The van der Waals surface area contributed by atoms with Gasteiger partial charge in [-0.05, 0) is 49.2 Å². The summed E-state index contributed by atoms with van der Waals surface area (Å²) in [6, 6.07) is 20.3. The molecular weight excluding hydrogens is 565 g/mol. The summed E-state index contributed by atoms with van der Waals surface area (Å²) < 4.78 is 0. The largest absolute Gasteiger partial charge is 0.481 e. The Balaban J connectivity index is 1.64. The first-order valence-corrected chi connectivity index (χ1v) is 14.0. The van der Waals surface area contributed by atoms with Crippen molar-refractivity contribution < 1.29 is 24.6 Å². The van der Waals surface area contributed by atoms with E-state index in [1.165, 1.54) is 9.80 Å². The molecule has 3 aromatic carbocycles. The van der Waals surface area contributed by atoms with Crippen LogP contribution in [-0.4, -0.2) is 52.2 Å². The lowest BCUT2D eigenvalue weighted by Gasteiger charge is -2.47. The van der Waals surface area contributed by atoms with Crippen LogP contribution in [0.4, 0.5) is 10.5 Å². The third-order valence-electron chi connectivity index (χ3n) is 7.31. The molecule has 1 fully saturated rings. The summed E-state index contributed by atoms with van der Waals surface area (Å²) in [5.74, 6) is -1.51. The highest BCUT2D eigenvalue weighted by molar-refractivity contribution is 6.35. The fourth-order valence-electron chi connectivity index (χ4n) is 5.27. The molecule has 1 aliphatic rings. The van der Waals surface area contributed by atoms with E-state index in [9.17, 15) is 24.6 Å². The Morgan fingerprint density at radius 3 is 2.32 bits per heavy atom. The summed E-state index contributed by atoms with van der Waals surface area (Å²) >= 11 is 12.5. The zero-order chi connectivity index (χ0) is 29.7. The number of aliphatic carboxylic acids is 1. The van der Waals surface area contributed by atoms with Gasteiger partial charge in [0.1, 0.15) is 0 Å². The second-order valence-electron chi connectivity index (χ2n) is 10.8. The first-order chi connectivity index (χ1) is 19.5. The Hall–Kier alpha value is -3.59. The number of hydrogen-bond donors (Lipinski definition) is 3. The minimum atomic E-state index is -1.13. The maximum absolute atomic E-state index is 13.8. The van der Waals surface area contributed by atoms with Crippen LogP contribution in [0.25, 0.3) is 0 Å². The van der Waals surface area contributed by atoms with Gasteiger partial charge in [-0.2, -0.15) is 0 Å². The molecule has 4 rings (SSSR count). The number of rotatable bonds is 10. The van der Waals surface area contributed by atoms with Crippen LogP contribution < -0.4 is 10.2 Å². The van der Waals surface area contributed by atoms with E-state index in [-0.39, 0.29) is 38.5 Å². The molecule has 41 heavy (non-hydrogen) atoms. The van der Waals surface area contributed by atoms with Gasteiger partial charge in [0, 0.05) is 47.2 Å². The molecule has 1 heterocycles. The van der Waals surface area contributed by atoms with Gasteiger partial charge in [-0.15, -0.1) is 0 Å². The number of carboxylic acid groups (broad SMARTS) is 1. The van der Waals surface area contributed by atoms with Gasteiger partial charge in [-0.1, -0.05) is 77.3 Å². The Morgan fingerprint density at radius 2 is 1.68 bits per heavy atom. The molecule has 1 aliphatic heterocycles. The maximum atomic E-state index is 13.8. The molecule has 10 heteroatoms. The third-order valence-corrected chi connectivity index (χ3v) is 7.90. The third kappa shape index (κ3) is 7.58. The van der Waals surface area contributed by atoms with Crippen molar-refractivity contribution in [2.24, 2.45) is 5.41 Å². The SMILES string of the molecule is Cc1ccc(N2CC(CC(=O)O)(CC(=O)N[C@@H](C)[C@H](O)c3ccccc3)CN(Cc3ccc(Cl)cc3Cl)C2=O)cc1. The number of aliphatic hydroxyl groups excluding tert-OH is 1. The normalized spacial score (nSPS) is 18.6. The van der Waals surface area contributed by atoms with E-state index in [0.29, 0.717) is 26.9 Å². The van der Waals surface area contributed by atoms with Crippen LogP contribution in [-0.2, 0) is 16.1 Å². The van der Waals surface area contributed by atoms with E-state index < -0.39 is 29.4 Å². The number of carbonyl (C=O) groups excluding carboxylic acids is 2. The van der Waals surface area contributed by atoms with E-state index in [2.05, 4.69) is 5.32 Å². The summed E-state index contributed by atoms with van der Waals surface area (Å²) in [5.41, 5.74) is 1.76. The molecule has 3 atom stereocenters. The van der Waals surface area contributed by atoms with Crippen LogP contribution in [0.3, 0.4) is 0 Å². The molecular formula is C31H33Cl2N3O5. The highest BCUT2D eigenvalue weighted by Crippen LogP contribution is 2.38. The Kier molecular flexibility index (Phi) is 9.58. The highest BCUT2D eigenvalue weighted by atomic mass is 35.5. The molecule has 0 bridgehead atoms. The predicted molar refractivity (Wildman–Crippen MR) is 159 cm³/mol. The molecule has 0 radical (unpaired) electrons. The zero-order valence-corrected chi connectivity index (χ0v) is 24.4. The molecule has 216 valence electrons. The summed E-state index contributed by atoms with van der Waals surface area (Å²) in [6.07, 6.45) is -1.47. The number of carboxylic acids is 1. The number of urea groups is 1. The first-order valence-electron chi connectivity index (χ1n) is 13.3. The molecule has 3 amide bonds. The number of amides is 3. The standard InChI is InChI=1S/C31H33Cl2N3O5/c1-20-8-12-25(13-9-20)36-19-31(16-28(38)39,15-27(37)34-21(2)29(40)22-6-4-3-5-7-22)18-35(30(36)41)17-23-10-11-24(32)14-26(23)33/h3-14,21,29,40H,15-19H2,1-2H3,(H,34,37)(H,38,39)/t21-,29-,31?/m0/s1. The van der Waals surface area contributed by atoms with Crippen molar-refractivity contribution in [1.29, 1.82) is 0 Å². The number of benzene rings is 3. The number of hydrogen-bond acceptors (Lipinski definition) is 4. The number of anilines is 1. The van der Waals surface area contributed by atoms with E-state index in [1.807, 2.05) is 25.1 Å².